The van der Waals surface area contributed by atoms with Crippen molar-refractivity contribution < 1.29 is 4.79 Å². The van der Waals surface area contributed by atoms with Crippen molar-refractivity contribution >= 4 is 23.3 Å². The van der Waals surface area contributed by atoms with Gasteiger partial charge in [-0.05, 0) is 24.0 Å². The monoisotopic (exact) mass is 273 g/mol. The molecule has 4 nitrogen and oxygen atoms in total. The van der Waals surface area contributed by atoms with Gasteiger partial charge in [0.1, 0.15) is 17.3 Å². The summed E-state index contributed by atoms with van der Waals surface area (Å²) in [6.45, 7) is 0. The molecule has 5 heteroatoms. The SMILES string of the molecule is O=C(Nc1cc(Cl)ncn1)C1Cc2ccccc2C1. The smallest absolute Gasteiger partial charge is 0.229 e. The average Bonchev–Trinajstić information content (AvgIpc) is 2.82. The lowest BCUT2D eigenvalue weighted by Gasteiger charge is -2.09. The highest BCUT2D eigenvalue weighted by molar-refractivity contribution is 6.29. The van der Waals surface area contributed by atoms with Crippen LogP contribution in [0.2, 0.25) is 5.15 Å². The van der Waals surface area contributed by atoms with Crippen molar-refractivity contribution in [3.63, 3.8) is 0 Å². The first kappa shape index (κ1) is 12.1. The van der Waals surface area contributed by atoms with Crippen molar-refractivity contribution in [2.45, 2.75) is 12.8 Å². The van der Waals surface area contributed by atoms with Crippen molar-refractivity contribution in [2.24, 2.45) is 5.92 Å². The number of carbonyl (C=O) groups excluding carboxylic acids is 1. The first-order valence-corrected chi connectivity index (χ1v) is 6.45. The van der Waals surface area contributed by atoms with Crippen LogP contribution in [0.4, 0.5) is 5.82 Å². The summed E-state index contributed by atoms with van der Waals surface area (Å²) in [5.74, 6) is 0.387. The number of anilines is 1. The third-order valence-corrected chi connectivity index (χ3v) is 3.51. The first-order valence-electron chi connectivity index (χ1n) is 6.07. The van der Waals surface area contributed by atoms with Gasteiger partial charge >= 0.3 is 0 Å². The normalized spacial score (nSPS) is 14.2. The number of rotatable bonds is 2. The van der Waals surface area contributed by atoms with Gasteiger partial charge in [-0.2, -0.15) is 0 Å². The van der Waals surface area contributed by atoms with Crippen molar-refractivity contribution in [1.29, 1.82) is 0 Å². The molecule has 19 heavy (non-hydrogen) atoms. The Balaban J connectivity index is 1.70. The number of hydrogen-bond acceptors (Lipinski definition) is 3. The van der Waals surface area contributed by atoms with Gasteiger partial charge in [0.2, 0.25) is 5.91 Å². The fraction of sp³-hybridized carbons (Fsp3) is 0.214. The molecule has 2 aromatic rings. The lowest BCUT2D eigenvalue weighted by molar-refractivity contribution is -0.119. The van der Waals surface area contributed by atoms with Crippen LogP contribution in [0, 0.1) is 5.92 Å². The van der Waals surface area contributed by atoms with Crippen LogP contribution in [0.15, 0.2) is 36.7 Å². The van der Waals surface area contributed by atoms with E-state index in [0.29, 0.717) is 11.0 Å². The zero-order valence-electron chi connectivity index (χ0n) is 10.1. The number of amides is 1. The molecular weight excluding hydrogens is 262 g/mol. The predicted octanol–water partition coefficient (Wildman–Crippen LogP) is 2.48. The molecule has 0 bridgehead atoms. The Labute approximate surface area is 115 Å². The van der Waals surface area contributed by atoms with Crippen molar-refractivity contribution in [1.82, 2.24) is 9.97 Å². The predicted molar refractivity (Wildman–Crippen MR) is 73.0 cm³/mol. The number of halogens is 1. The van der Waals surface area contributed by atoms with Crippen LogP contribution in [0.1, 0.15) is 11.1 Å². The Hall–Kier alpha value is -1.94. The second-order valence-corrected chi connectivity index (χ2v) is 4.98. The Bertz CT molecular complexity index is 605. The maximum absolute atomic E-state index is 12.2. The molecule has 0 unspecified atom stereocenters. The highest BCUT2D eigenvalue weighted by Gasteiger charge is 2.27. The summed E-state index contributed by atoms with van der Waals surface area (Å²) in [6.07, 6.45) is 2.89. The van der Waals surface area contributed by atoms with E-state index in [4.69, 9.17) is 11.6 Å². The van der Waals surface area contributed by atoms with Gasteiger partial charge in [-0.25, -0.2) is 9.97 Å². The third-order valence-electron chi connectivity index (χ3n) is 3.31. The number of aromatic nitrogens is 2. The summed E-state index contributed by atoms with van der Waals surface area (Å²) in [5, 5.41) is 3.10. The van der Waals surface area contributed by atoms with E-state index in [2.05, 4.69) is 27.4 Å². The summed E-state index contributed by atoms with van der Waals surface area (Å²) >= 11 is 5.76. The molecule has 3 rings (SSSR count). The van der Waals surface area contributed by atoms with Crippen molar-refractivity contribution in [3.8, 4) is 0 Å². The van der Waals surface area contributed by atoms with Gasteiger partial charge in [0.15, 0.2) is 0 Å². The second kappa shape index (κ2) is 4.97. The molecule has 1 amide bonds. The molecule has 96 valence electrons. The van der Waals surface area contributed by atoms with E-state index in [9.17, 15) is 4.79 Å². The Morgan fingerprint density at radius 3 is 2.53 bits per heavy atom. The molecule has 0 radical (unpaired) electrons. The third kappa shape index (κ3) is 2.58. The summed E-state index contributed by atoms with van der Waals surface area (Å²) in [4.78, 5) is 19.9. The van der Waals surface area contributed by atoms with Crippen LogP contribution in [-0.4, -0.2) is 15.9 Å². The minimum Gasteiger partial charge on any atom is -0.310 e. The minimum absolute atomic E-state index is 0.0223. The van der Waals surface area contributed by atoms with E-state index < -0.39 is 0 Å². The molecule has 1 aromatic carbocycles. The first-order chi connectivity index (χ1) is 9.22. The van der Waals surface area contributed by atoms with E-state index in [1.54, 1.807) is 6.07 Å². The highest BCUT2D eigenvalue weighted by atomic mass is 35.5. The van der Waals surface area contributed by atoms with Gasteiger partial charge in [0, 0.05) is 12.0 Å². The molecule has 0 saturated heterocycles. The quantitative estimate of drug-likeness (QED) is 0.856. The van der Waals surface area contributed by atoms with Crippen LogP contribution in [-0.2, 0) is 17.6 Å². The van der Waals surface area contributed by atoms with Crippen LogP contribution >= 0.6 is 11.6 Å². The van der Waals surface area contributed by atoms with Crippen molar-refractivity contribution in [3.05, 3.63) is 52.9 Å². The fourth-order valence-corrected chi connectivity index (χ4v) is 2.52. The van der Waals surface area contributed by atoms with E-state index in [-0.39, 0.29) is 11.8 Å². The summed E-state index contributed by atoms with van der Waals surface area (Å²) in [5.41, 5.74) is 2.51. The van der Waals surface area contributed by atoms with Crippen LogP contribution in [0.25, 0.3) is 0 Å². The second-order valence-electron chi connectivity index (χ2n) is 4.59. The van der Waals surface area contributed by atoms with Gasteiger partial charge in [0.25, 0.3) is 0 Å². The maximum Gasteiger partial charge on any atom is 0.229 e. The van der Waals surface area contributed by atoms with Crippen LogP contribution in [0.5, 0.6) is 0 Å². The van der Waals surface area contributed by atoms with Gasteiger partial charge in [-0.15, -0.1) is 0 Å². The largest absolute Gasteiger partial charge is 0.310 e. The van der Waals surface area contributed by atoms with Crippen LogP contribution in [0.3, 0.4) is 0 Å². The molecule has 0 atom stereocenters. The summed E-state index contributed by atoms with van der Waals surface area (Å²) in [6, 6.07) is 9.70. The van der Waals surface area contributed by atoms with Gasteiger partial charge in [-0.3, -0.25) is 4.79 Å². The number of benzene rings is 1. The molecule has 1 aliphatic carbocycles. The number of fused-ring (bicyclic) bond motifs is 1. The molecule has 0 aliphatic heterocycles. The molecule has 1 aromatic heterocycles. The standard InChI is InChI=1S/C14H12ClN3O/c15-12-7-13(17-8-16-12)18-14(19)11-5-9-3-1-2-4-10(9)6-11/h1-4,7-8,11H,5-6H2,(H,16,17,18,19). The topological polar surface area (TPSA) is 54.9 Å². The zero-order chi connectivity index (χ0) is 13.2. The number of hydrogen-bond donors (Lipinski definition) is 1. The molecule has 1 aliphatic rings. The molecule has 0 saturated carbocycles. The Morgan fingerprint density at radius 1 is 1.21 bits per heavy atom. The van der Waals surface area contributed by atoms with E-state index in [1.165, 1.54) is 17.5 Å². The molecular formula is C14H12ClN3O. The summed E-state index contributed by atoms with van der Waals surface area (Å²) in [7, 11) is 0. The zero-order valence-corrected chi connectivity index (χ0v) is 10.9. The van der Waals surface area contributed by atoms with E-state index >= 15 is 0 Å². The Morgan fingerprint density at radius 2 is 1.89 bits per heavy atom. The van der Waals surface area contributed by atoms with Crippen molar-refractivity contribution in [2.75, 3.05) is 5.32 Å². The fourth-order valence-electron chi connectivity index (χ4n) is 2.37. The van der Waals surface area contributed by atoms with Gasteiger partial charge in [-0.1, -0.05) is 35.9 Å². The number of nitrogens with zero attached hydrogens (tertiary/aromatic N) is 2. The molecule has 1 N–H and O–H groups in total. The Kier molecular flexibility index (Phi) is 3.17. The van der Waals surface area contributed by atoms with Gasteiger partial charge < -0.3 is 5.32 Å². The van der Waals surface area contributed by atoms with Crippen LogP contribution < -0.4 is 5.32 Å². The lowest BCUT2D eigenvalue weighted by Crippen LogP contribution is -2.23. The molecule has 1 heterocycles. The maximum atomic E-state index is 12.2. The number of carbonyl (C=O) groups is 1. The molecule has 0 spiro atoms. The number of nitrogens with one attached hydrogen (secondary N) is 1. The minimum atomic E-state index is -0.0360. The highest BCUT2D eigenvalue weighted by Crippen LogP contribution is 2.27. The lowest BCUT2D eigenvalue weighted by atomic mass is 10.1. The van der Waals surface area contributed by atoms with Gasteiger partial charge in [0.05, 0.1) is 0 Å². The van der Waals surface area contributed by atoms with E-state index in [1.807, 2.05) is 12.1 Å². The average molecular weight is 274 g/mol. The summed E-state index contributed by atoms with van der Waals surface area (Å²) < 4.78 is 0. The van der Waals surface area contributed by atoms with E-state index in [0.717, 1.165) is 12.8 Å². The molecule has 0 fully saturated rings.